The van der Waals surface area contributed by atoms with Crippen molar-refractivity contribution in [1.82, 2.24) is 9.62 Å². The highest BCUT2D eigenvalue weighted by atomic mass is 32.2. The second kappa shape index (κ2) is 9.61. The molecule has 1 aliphatic heterocycles. The van der Waals surface area contributed by atoms with Crippen LogP contribution in [0.5, 0.6) is 11.5 Å². The van der Waals surface area contributed by atoms with Gasteiger partial charge < -0.3 is 9.47 Å². The highest BCUT2D eigenvalue weighted by Crippen LogP contribution is 2.29. The van der Waals surface area contributed by atoms with Gasteiger partial charge in [0.05, 0.1) is 19.1 Å². The van der Waals surface area contributed by atoms with E-state index in [-0.39, 0.29) is 11.4 Å². The van der Waals surface area contributed by atoms with Gasteiger partial charge in [-0.15, -0.1) is 0 Å². The van der Waals surface area contributed by atoms with E-state index in [0.29, 0.717) is 11.5 Å². The first-order valence-corrected chi connectivity index (χ1v) is 11.4. The topological polar surface area (TPSA) is 67.9 Å². The van der Waals surface area contributed by atoms with E-state index in [1.807, 2.05) is 12.1 Å². The van der Waals surface area contributed by atoms with Gasteiger partial charge in [-0.2, -0.15) is 0 Å². The number of sulfonamides is 1. The standard InChI is InChI=1S/C22H30N2O4S/c1-17-10-12-24(13-11-17)16-19-6-4-18(5-7-19)15-23-29(25,26)20-8-9-21(27-2)22(14-20)28-3/h4-9,14,17,23H,10-13,15-16H2,1-3H3. The van der Waals surface area contributed by atoms with Crippen LogP contribution in [-0.2, 0) is 23.1 Å². The van der Waals surface area contributed by atoms with Crippen molar-refractivity contribution in [1.29, 1.82) is 0 Å². The lowest BCUT2D eigenvalue weighted by Gasteiger charge is -2.30. The van der Waals surface area contributed by atoms with E-state index in [9.17, 15) is 8.42 Å². The number of methoxy groups -OCH3 is 2. The molecule has 0 spiro atoms. The molecule has 2 aromatic carbocycles. The molecule has 0 saturated carbocycles. The van der Waals surface area contributed by atoms with Crippen LogP contribution >= 0.6 is 0 Å². The van der Waals surface area contributed by atoms with Gasteiger partial charge in [0.15, 0.2) is 11.5 Å². The first kappa shape index (κ1) is 21.6. The quantitative estimate of drug-likeness (QED) is 0.712. The maximum atomic E-state index is 12.6. The summed E-state index contributed by atoms with van der Waals surface area (Å²) < 4.78 is 38.2. The van der Waals surface area contributed by atoms with Crippen LogP contribution in [0.15, 0.2) is 47.4 Å². The van der Waals surface area contributed by atoms with Crippen molar-refractivity contribution in [3.8, 4) is 11.5 Å². The fourth-order valence-electron chi connectivity index (χ4n) is 3.49. The van der Waals surface area contributed by atoms with Crippen LogP contribution in [0.1, 0.15) is 30.9 Å². The molecule has 0 amide bonds. The van der Waals surface area contributed by atoms with Gasteiger partial charge in [-0.1, -0.05) is 31.2 Å². The smallest absolute Gasteiger partial charge is 0.241 e. The summed E-state index contributed by atoms with van der Waals surface area (Å²) in [6, 6.07) is 12.7. The fraction of sp³-hybridized carbons (Fsp3) is 0.455. The van der Waals surface area contributed by atoms with E-state index in [0.717, 1.165) is 31.1 Å². The first-order chi connectivity index (χ1) is 13.9. The van der Waals surface area contributed by atoms with Crippen LogP contribution in [0.3, 0.4) is 0 Å². The zero-order valence-electron chi connectivity index (χ0n) is 17.3. The minimum atomic E-state index is -3.65. The molecule has 1 saturated heterocycles. The number of benzene rings is 2. The number of likely N-dealkylation sites (tertiary alicyclic amines) is 1. The molecule has 0 bridgehead atoms. The van der Waals surface area contributed by atoms with Crippen molar-refractivity contribution in [3.63, 3.8) is 0 Å². The predicted molar refractivity (Wildman–Crippen MR) is 114 cm³/mol. The van der Waals surface area contributed by atoms with E-state index >= 15 is 0 Å². The second-order valence-corrected chi connectivity index (χ2v) is 9.38. The van der Waals surface area contributed by atoms with Crippen LogP contribution in [0.2, 0.25) is 0 Å². The van der Waals surface area contributed by atoms with Crippen molar-refractivity contribution in [2.75, 3.05) is 27.3 Å². The van der Waals surface area contributed by atoms with Gasteiger partial charge in [0.1, 0.15) is 0 Å². The Morgan fingerprint density at radius 3 is 2.21 bits per heavy atom. The molecular weight excluding hydrogens is 388 g/mol. The van der Waals surface area contributed by atoms with Crippen LogP contribution < -0.4 is 14.2 Å². The van der Waals surface area contributed by atoms with E-state index in [1.165, 1.54) is 44.8 Å². The molecule has 0 aromatic heterocycles. The molecule has 158 valence electrons. The van der Waals surface area contributed by atoms with E-state index in [1.54, 1.807) is 6.07 Å². The number of nitrogens with zero attached hydrogens (tertiary/aromatic N) is 1. The third-order valence-electron chi connectivity index (χ3n) is 5.44. The Kier molecular flexibility index (Phi) is 7.16. The van der Waals surface area contributed by atoms with E-state index in [2.05, 4.69) is 28.7 Å². The van der Waals surface area contributed by atoms with Gasteiger partial charge in [-0.25, -0.2) is 13.1 Å². The van der Waals surface area contributed by atoms with Crippen LogP contribution in [0.25, 0.3) is 0 Å². The molecule has 1 heterocycles. The summed E-state index contributed by atoms with van der Waals surface area (Å²) in [4.78, 5) is 2.63. The highest BCUT2D eigenvalue weighted by Gasteiger charge is 2.18. The minimum absolute atomic E-state index is 0.145. The highest BCUT2D eigenvalue weighted by molar-refractivity contribution is 7.89. The lowest BCUT2D eigenvalue weighted by molar-refractivity contribution is 0.185. The molecule has 29 heavy (non-hydrogen) atoms. The third-order valence-corrected chi connectivity index (χ3v) is 6.84. The summed E-state index contributed by atoms with van der Waals surface area (Å²) in [5.74, 6) is 1.70. The predicted octanol–water partition coefficient (Wildman–Crippen LogP) is 3.41. The summed E-state index contributed by atoms with van der Waals surface area (Å²) in [6.07, 6.45) is 2.52. The Bertz CT molecular complexity index is 905. The molecule has 2 aromatic rings. The van der Waals surface area contributed by atoms with Gasteiger partial charge >= 0.3 is 0 Å². The van der Waals surface area contributed by atoms with Crippen molar-refractivity contribution < 1.29 is 17.9 Å². The number of rotatable bonds is 8. The Morgan fingerprint density at radius 2 is 1.59 bits per heavy atom. The Morgan fingerprint density at radius 1 is 0.966 bits per heavy atom. The molecule has 3 rings (SSSR count). The molecule has 0 atom stereocenters. The Balaban J connectivity index is 1.59. The monoisotopic (exact) mass is 418 g/mol. The lowest BCUT2D eigenvalue weighted by atomic mass is 9.99. The van der Waals surface area contributed by atoms with E-state index < -0.39 is 10.0 Å². The van der Waals surface area contributed by atoms with Crippen molar-refractivity contribution >= 4 is 10.0 Å². The molecular formula is C22H30N2O4S. The van der Waals surface area contributed by atoms with Gasteiger partial charge in [-0.05, 0) is 55.1 Å². The summed E-state index contributed by atoms with van der Waals surface area (Å²) in [6.45, 7) is 5.79. The molecule has 6 nitrogen and oxygen atoms in total. The van der Waals surface area contributed by atoms with Gasteiger partial charge in [0, 0.05) is 19.2 Å². The number of nitrogens with one attached hydrogen (secondary N) is 1. The van der Waals surface area contributed by atoms with E-state index in [4.69, 9.17) is 9.47 Å². The zero-order chi connectivity index (χ0) is 20.9. The molecule has 1 fully saturated rings. The SMILES string of the molecule is COc1ccc(S(=O)(=O)NCc2ccc(CN3CCC(C)CC3)cc2)cc1OC. The van der Waals surface area contributed by atoms with Crippen LogP contribution in [-0.4, -0.2) is 40.6 Å². The molecule has 0 aliphatic carbocycles. The summed E-state index contributed by atoms with van der Waals surface area (Å²) in [5, 5.41) is 0. The summed E-state index contributed by atoms with van der Waals surface area (Å²) in [5.41, 5.74) is 2.18. The number of hydrogen-bond acceptors (Lipinski definition) is 5. The van der Waals surface area contributed by atoms with Gasteiger partial charge in [0.2, 0.25) is 10.0 Å². The molecule has 0 radical (unpaired) electrons. The molecule has 7 heteroatoms. The second-order valence-electron chi connectivity index (χ2n) is 7.62. The van der Waals surface area contributed by atoms with Crippen molar-refractivity contribution in [2.45, 2.75) is 37.8 Å². The Labute approximate surface area is 173 Å². The van der Waals surface area contributed by atoms with Gasteiger partial charge in [-0.3, -0.25) is 4.90 Å². The summed E-state index contributed by atoms with van der Waals surface area (Å²) in [7, 11) is -0.654. The van der Waals surface area contributed by atoms with Gasteiger partial charge in [0.25, 0.3) is 0 Å². The molecule has 1 aliphatic rings. The molecule has 1 N–H and O–H groups in total. The number of piperidine rings is 1. The number of hydrogen-bond donors (Lipinski definition) is 1. The lowest BCUT2D eigenvalue weighted by Crippen LogP contribution is -2.32. The average molecular weight is 419 g/mol. The normalized spacial score (nSPS) is 16.0. The largest absolute Gasteiger partial charge is 0.493 e. The average Bonchev–Trinajstić information content (AvgIpc) is 2.74. The summed E-state index contributed by atoms with van der Waals surface area (Å²) >= 11 is 0. The zero-order valence-corrected chi connectivity index (χ0v) is 18.2. The minimum Gasteiger partial charge on any atom is -0.493 e. The maximum Gasteiger partial charge on any atom is 0.241 e. The van der Waals surface area contributed by atoms with Crippen molar-refractivity contribution in [2.24, 2.45) is 5.92 Å². The molecule has 0 unspecified atom stereocenters. The Hall–Kier alpha value is -2.09. The van der Waals surface area contributed by atoms with Crippen LogP contribution in [0, 0.1) is 5.92 Å². The first-order valence-electron chi connectivity index (χ1n) is 9.93. The van der Waals surface area contributed by atoms with Crippen LogP contribution in [0.4, 0.5) is 0 Å². The third kappa shape index (κ3) is 5.72. The number of ether oxygens (including phenoxy) is 2. The fourth-order valence-corrected chi connectivity index (χ4v) is 4.52. The van der Waals surface area contributed by atoms with Crippen molar-refractivity contribution in [3.05, 3.63) is 53.6 Å². The maximum absolute atomic E-state index is 12.6.